The summed E-state index contributed by atoms with van der Waals surface area (Å²) in [7, 11) is 0. The van der Waals surface area contributed by atoms with Crippen molar-refractivity contribution in [3.63, 3.8) is 0 Å². The Kier molecular flexibility index (Phi) is 8.52. The molecule has 0 saturated carbocycles. The van der Waals surface area contributed by atoms with Crippen LogP contribution in [-0.2, 0) is 13.2 Å². The molecule has 1 aromatic heterocycles. The van der Waals surface area contributed by atoms with Crippen molar-refractivity contribution in [1.82, 2.24) is 15.1 Å². The predicted octanol–water partition coefficient (Wildman–Crippen LogP) is 5.54. The number of nitrogens with zero attached hydrogens (tertiary/aromatic N) is 2. The molecule has 1 heterocycles. The van der Waals surface area contributed by atoms with E-state index < -0.39 is 0 Å². The van der Waals surface area contributed by atoms with E-state index in [4.69, 9.17) is 16.3 Å². The van der Waals surface area contributed by atoms with Gasteiger partial charge in [-0.05, 0) is 48.7 Å². The Morgan fingerprint density at radius 2 is 1.88 bits per heavy atom. The Bertz CT molecular complexity index is 1130. The van der Waals surface area contributed by atoms with Crippen LogP contribution < -0.4 is 15.4 Å². The van der Waals surface area contributed by atoms with Crippen LogP contribution in [0.1, 0.15) is 47.2 Å². The molecule has 0 bridgehead atoms. The van der Waals surface area contributed by atoms with Crippen LogP contribution in [0.2, 0.25) is 5.02 Å². The lowest BCUT2D eigenvalue weighted by Gasteiger charge is -2.10. The van der Waals surface area contributed by atoms with Crippen LogP contribution >= 0.6 is 27.5 Å². The second-order valence-electron chi connectivity index (χ2n) is 7.87. The molecule has 0 spiro atoms. The fourth-order valence-corrected chi connectivity index (χ4v) is 3.65. The average Bonchev–Trinajstić information content (AvgIpc) is 3.20. The second kappa shape index (κ2) is 11.3. The Morgan fingerprint density at radius 1 is 1.15 bits per heavy atom. The molecule has 0 aliphatic heterocycles. The Balaban J connectivity index is 1.65. The standard InChI is InChI=1S/C24H26BrClN4O3/c1-4-30-13-20(22(29-30)24(32)27-12-15(2)3)28-23(31)17-7-5-16(6-8-17)14-33-21-10-9-18(25)11-19(21)26/h5-11,13,15H,4,12,14H2,1-3H3,(H,27,32)(H,28,31). The fourth-order valence-electron chi connectivity index (χ4n) is 2.92. The van der Waals surface area contributed by atoms with Gasteiger partial charge in [0.1, 0.15) is 12.4 Å². The molecule has 33 heavy (non-hydrogen) atoms. The molecule has 2 aromatic carbocycles. The molecule has 0 radical (unpaired) electrons. The van der Waals surface area contributed by atoms with E-state index in [2.05, 4.69) is 31.7 Å². The molecule has 0 atom stereocenters. The molecule has 9 heteroatoms. The van der Waals surface area contributed by atoms with Crippen molar-refractivity contribution in [3.8, 4) is 5.75 Å². The number of aromatic nitrogens is 2. The van der Waals surface area contributed by atoms with E-state index in [1.54, 1.807) is 35.1 Å². The zero-order chi connectivity index (χ0) is 24.0. The monoisotopic (exact) mass is 532 g/mol. The van der Waals surface area contributed by atoms with Crippen molar-refractivity contribution < 1.29 is 14.3 Å². The van der Waals surface area contributed by atoms with Crippen molar-refractivity contribution in [2.24, 2.45) is 5.92 Å². The van der Waals surface area contributed by atoms with Crippen LogP contribution in [0, 0.1) is 5.92 Å². The summed E-state index contributed by atoms with van der Waals surface area (Å²) >= 11 is 9.54. The number of ether oxygens (including phenoxy) is 1. The van der Waals surface area contributed by atoms with Gasteiger partial charge in [-0.15, -0.1) is 0 Å². The van der Waals surface area contributed by atoms with E-state index >= 15 is 0 Å². The Hall–Kier alpha value is -2.84. The molecule has 0 aliphatic carbocycles. The molecule has 0 unspecified atom stereocenters. The zero-order valence-corrected chi connectivity index (χ0v) is 21.0. The van der Waals surface area contributed by atoms with E-state index in [-0.39, 0.29) is 17.5 Å². The summed E-state index contributed by atoms with van der Waals surface area (Å²) in [5.41, 5.74) is 1.92. The SMILES string of the molecule is CCn1cc(NC(=O)c2ccc(COc3ccc(Br)cc3Cl)cc2)c(C(=O)NCC(C)C)n1. The molecule has 0 fully saturated rings. The average molecular weight is 534 g/mol. The van der Waals surface area contributed by atoms with Crippen molar-refractivity contribution in [2.45, 2.75) is 33.9 Å². The number of halogens is 2. The van der Waals surface area contributed by atoms with Gasteiger partial charge in [-0.3, -0.25) is 14.3 Å². The number of nitrogens with one attached hydrogen (secondary N) is 2. The topological polar surface area (TPSA) is 85.2 Å². The van der Waals surface area contributed by atoms with Gasteiger partial charge in [0.05, 0.1) is 10.7 Å². The molecular weight excluding hydrogens is 508 g/mol. The minimum absolute atomic E-state index is 0.197. The maximum absolute atomic E-state index is 12.8. The van der Waals surface area contributed by atoms with Crippen molar-refractivity contribution in [2.75, 3.05) is 11.9 Å². The van der Waals surface area contributed by atoms with E-state index in [1.165, 1.54) is 0 Å². The smallest absolute Gasteiger partial charge is 0.273 e. The van der Waals surface area contributed by atoms with Gasteiger partial charge in [0.25, 0.3) is 11.8 Å². The number of aryl methyl sites for hydroxylation is 1. The van der Waals surface area contributed by atoms with Crippen molar-refractivity contribution in [3.05, 3.63) is 75.0 Å². The summed E-state index contributed by atoms with van der Waals surface area (Å²) in [6.45, 7) is 7.35. The quantitative estimate of drug-likeness (QED) is 0.378. The summed E-state index contributed by atoms with van der Waals surface area (Å²) in [4.78, 5) is 25.3. The third-order valence-corrected chi connectivity index (χ3v) is 5.51. The van der Waals surface area contributed by atoms with Gasteiger partial charge in [0, 0.05) is 29.3 Å². The molecule has 0 saturated heterocycles. The summed E-state index contributed by atoms with van der Waals surface area (Å²) in [5.74, 6) is 0.248. The first-order chi connectivity index (χ1) is 15.8. The van der Waals surface area contributed by atoms with Crippen LogP contribution in [0.25, 0.3) is 0 Å². The van der Waals surface area contributed by atoms with Crippen LogP contribution in [0.4, 0.5) is 5.69 Å². The summed E-state index contributed by atoms with van der Waals surface area (Å²) in [6.07, 6.45) is 1.66. The highest BCUT2D eigenvalue weighted by Crippen LogP contribution is 2.28. The van der Waals surface area contributed by atoms with E-state index in [1.807, 2.05) is 39.0 Å². The van der Waals surface area contributed by atoms with Gasteiger partial charge in [0.15, 0.2) is 5.69 Å². The van der Waals surface area contributed by atoms with Crippen LogP contribution in [0.15, 0.2) is 53.1 Å². The number of carbonyl (C=O) groups excluding carboxylic acids is 2. The molecular formula is C24H26BrClN4O3. The number of rotatable bonds is 9. The first kappa shape index (κ1) is 24.8. The lowest BCUT2D eigenvalue weighted by molar-refractivity contribution is 0.0944. The van der Waals surface area contributed by atoms with Gasteiger partial charge < -0.3 is 15.4 Å². The normalized spacial score (nSPS) is 10.8. The minimum atomic E-state index is -0.327. The number of benzene rings is 2. The van der Waals surface area contributed by atoms with Crippen LogP contribution in [0.3, 0.4) is 0 Å². The fraction of sp³-hybridized carbons (Fsp3) is 0.292. The number of hydrogen-bond acceptors (Lipinski definition) is 4. The third-order valence-electron chi connectivity index (χ3n) is 4.72. The van der Waals surface area contributed by atoms with Gasteiger partial charge >= 0.3 is 0 Å². The second-order valence-corrected chi connectivity index (χ2v) is 9.19. The summed E-state index contributed by atoms with van der Waals surface area (Å²) in [5, 5.41) is 10.5. The molecule has 3 aromatic rings. The highest BCUT2D eigenvalue weighted by atomic mass is 79.9. The molecule has 2 N–H and O–H groups in total. The molecule has 0 aliphatic rings. The number of hydrogen-bond donors (Lipinski definition) is 2. The maximum Gasteiger partial charge on any atom is 0.273 e. The third kappa shape index (κ3) is 6.82. The minimum Gasteiger partial charge on any atom is -0.487 e. The zero-order valence-electron chi connectivity index (χ0n) is 18.7. The Morgan fingerprint density at radius 3 is 2.52 bits per heavy atom. The lowest BCUT2D eigenvalue weighted by atomic mass is 10.1. The number of carbonyl (C=O) groups is 2. The summed E-state index contributed by atoms with van der Waals surface area (Å²) < 4.78 is 8.26. The van der Waals surface area contributed by atoms with Gasteiger partial charge in [0.2, 0.25) is 0 Å². The number of anilines is 1. The highest BCUT2D eigenvalue weighted by Gasteiger charge is 2.19. The van der Waals surface area contributed by atoms with Crippen LogP contribution in [0.5, 0.6) is 5.75 Å². The van der Waals surface area contributed by atoms with Crippen molar-refractivity contribution in [1.29, 1.82) is 0 Å². The number of amides is 2. The predicted molar refractivity (Wildman–Crippen MR) is 133 cm³/mol. The molecule has 3 rings (SSSR count). The first-order valence-corrected chi connectivity index (χ1v) is 11.8. The lowest BCUT2D eigenvalue weighted by Crippen LogP contribution is -2.28. The largest absolute Gasteiger partial charge is 0.487 e. The Labute approximate surface area is 206 Å². The van der Waals surface area contributed by atoms with E-state index in [9.17, 15) is 9.59 Å². The maximum atomic E-state index is 12.8. The van der Waals surface area contributed by atoms with Gasteiger partial charge in [-0.1, -0.05) is 53.5 Å². The van der Waals surface area contributed by atoms with Gasteiger partial charge in [-0.2, -0.15) is 5.10 Å². The van der Waals surface area contributed by atoms with E-state index in [0.717, 1.165) is 10.0 Å². The summed E-state index contributed by atoms with van der Waals surface area (Å²) in [6, 6.07) is 12.5. The first-order valence-electron chi connectivity index (χ1n) is 10.6. The van der Waals surface area contributed by atoms with Crippen molar-refractivity contribution >= 4 is 45.0 Å². The van der Waals surface area contributed by atoms with Crippen LogP contribution in [-0.4, -0.2) is 28.1 Å². The molecule has 174 valence electrons. The van der Waals surface area contributed by atoms with Gasteiger partial charge in [-0.25, -0.2) is 0 Å². The molecule has 2 amide bonds. The highest BCUT2D eigenvalue weighted by molar-refractivity contribution is 9.10. The molecule has 7 nitrogen and oxygen atoms in total. The van der Waals surface area contributed by atoms with E-state index in [0.29, 0.717) is 47.6 Å².